The Morgan fingerprint density at radius 1 is 1.23 bits per heavy atom. The van der Waals surface area contributed by atoms with Gasteiger partial charge in [0.1, 0.15) is 24.2 Å². The second-order valence-electron chi connectivity index (χ2n) is 4.66. The maximum Gasteiger partial charge on any atom is 0.248 e. The highest BCUT2D eigenvalue weighted by Gasteiger charge is 2.01. The molecule has 1 N–H and O–H groups in total. The fourth-order valence-electron chi connectivity index (χ4n) is 1.92. The van der Waals surface area contributed by atoms with E-state index in [1.54, 1.807) is 29.2 Å². The van der Waals surface area contributed by atoms with Crippen LogP contribution in [0.2, 0.25) is 0 Å². The van der Waals surface area contributed by atoms with E-state index in [1.165, 1.54) is 12.4 Å². The third-order valence-corrected chi connectivity index (χ3v) is 2.98. The van der Waals surface area contributed by atoms with Gasteiger partial charge in [0.25, 0.3) is 0 Å². The molecule has 1 aromatic carbocycles. The third kappa shape index (κ3) is 3.29. The number of aromatic nitrogens is 3. The first-order chi connectivity index (χ1) is 10.7. The number of hydrogen-bond acceptors (Lipinski definition) is 4. The number of benzene rings is 1. The zero-order chi connectivity index (χ0) is 15.4. The molecule has 0 aliphatic rings. The van der Waals surface area contributed by atoms with Gasteiger partial charge in [-0.25, -0.2) is 9.67 Å². The van der Waals surface area contributed by atoms with Crippen molar-refractivity contribution in [3.63, 3.8) is 0 Å². The van der Waals surface area contributed by atoms with Crippen molar-refractivity contribution in [2.75, 3.05) is 5.32 Å². The molecule has 6 heteroatoms. The van der Waals surface area contributed by atoms with E-state index in [0.717, 1.165) is 11.4 Å². The van der Waals surface area contributed by atoms with Crippen molar-refractivity contribution >= 4 is 17.7 Å². The minimum Gasteiger partial charge on any atom is -0.462 e. The Hall–Kier alpha value is -3.15. The first kappa shape index (κ1) is 13.8. The van der Waals surface area contributed by atoms with Crippen molar-refractivity contribution < 1.29 is 9.21 Å². The summed E-state index contributed by atoms with van der Waals surface area (Å²) in [6.45, 7) is 1.86. The number of carbonyl (C=O) groups excluding carboxylic acids is 1. The van der Waals surface area contributed by atoms with E-state index in [4.69, 9.17) is 4.42 Å². The van der Waals surface area contributed by atoms with Gasteiger partial charge in [-0.05, 0) is 49.4 Å². The molecule has 0 unspecified atom stereocenters. The normalized spacial score (nSPS) is 11.0. The van der Waals surface area contributed by atoms with E-state index < -0.39 is 0 Å². The van der Waals surface area contributed by atoms with Crippen molar-refractivity contribution in [1.82, 2.24) is 14.8 Å². The lowest BCUT2D eigenvalue weighted by Gasteiger charge is -2.04. The number of aryl methyl sites for hydroxylation is 1. The molecule has 22 heavy (non-hydrogen) atoms. The third-order valence-electron chi connectivity index (χ3n) is 2.98. The summed E-state index contributed by atoms with van der Waals surface area (Å²) in [5.74, 6) is 1.24. The Morgan fingerprint density at radius 3 is 2.68 bits per heavy atom. The molecule has 110 valence electrons. The summed E-state index contributed by atoms with van der Waals surface area (Å²) >= 11 is 0. The molecule has 0 fully saturated rings. The average molecular weight is 294 g/mol. The van der Waals surface area contributed by atoms with Gasteiger partial charge in [0, 0.05) is 11.8 Å². The Bertz CT molecular complexity index is 786. The minimum absolute atomic E-state index is 0.220. The summed E-state index contributed by atoms with van der Waals surface area (Å²) in [4.78, 5) is 15.7. The number of hydrogen-bond donors (Lipinski definition) is 1. The van der Waals surface area contributed by atoms with Gasteiger partial charge >= 0.3 is 0 Å². The maximum atomic E-state index is 11.8. The van der Waals surface area contributed by atoms with Crippen LogP contribution in [0, 0.1) is 6.92 Å². The maximum absolute atomic E-state index is 11.8. The van der Waals surface area contributed by atoms with Gasteiger partial charge in [-0.2, -0.15) is 5.10 Å². The van der Waals surface area contributed by atoms with E-state index in [2.05, 4.69) is 15.4 Å². The van der Waals surface area contributed by atoms with Crippen LogP contribution in [0.3, 0.4) is 0 Å². The molecule has 0 bridgehead atoms. The van der Waals surface area contributed by atoms with Gasteiger partial charge in [0.2, 0.25) is 5.91 Å². The summed E-state index contributed by atoms with van der Waals surface area (Å²) in [5.41, 5.74) is 1.58. The van der Waals surface area contributed by atoms with Crippen LogP contribution < -0.4 is 5.32 Å². The number of nitrogens with one attached hydrogen (secondary N) is 1. The molecule has 1 amide bonds. The fraction of sp³-hybridized carbons (Fsp3) is 0.0625. The van der Waals surface area contributed by atoms with Gasteiger partial charge < -0.3 is 9.73 Å². The van der Waals surface area contributed by atoms with Crippen molar-refractivity contribution in [2.45, 2.75) is 6.92 Å². The monoisotopic (exact) mass is 294 g/mol. The molecule has 0 radical (unpaired) electrons. The zero-order valence-electron chi connectivity index (χ0n) is 11.9. The van der Waals surface area contributed by atoms with Crippen LogP contribution in [0.15, 0.2) is 59.5 Å². The first-order valence-electron chi connectivity index (χ1n) is 6.71. The molecule has 0 aliphatic carbocycles. The van der Waals surface area contributed by atoms with Crippen LogP contribution in [0.1, 0.15) is 11.5 Å². The second-order valence-corrected chi connectivity index (χ2v) is 4.66. The van der Waals surface area contributed by atoms with Crippen LogP contribution >= 0.6 is 0 Å². The molecule has 2 heterocycles. The summed E-state index contributed by atoms with van der Waals surface area (Å²) in [7, 11) is 0. The SMILES string of the molecule is Cc1ccc(/C=C/C(=O)Nc2ccc(-n3cncn3)cc2)o1. The van der Waals surface area contributed by atoms with E-state index in [0.29, 0.717) is 11.4 Å². The molecule has 0 atom stereocenters. The summed E-state index contributed by atoms with van der Waals surface area (Å²) in [6, 6.07) is 11.0. The number of amides is 1. The van der Waals surface area contributed by atoms with Crippen LogP contribution in [-0.4, -0.2) is 20.7 Å². The average Bonchev–Trinajstić information content (AvgIpc) is 3.17. The molecule has 0 spiro atoms. The van der Waals surface area contributed by atoms with Crippen LogP contribution in [0.4, 0.5) is 5.69 Å². The number of anilines is 1. The lowest BCUT2D eigenvalue weighted by molar-refractivity contribution is -0.111. The smallest absolute Gasteiger partial charge is 0.248 e. The largest absolute Gasteiger partial charge is 0.462 e. The number of carbonyl (C=O) groups is 1. The summed E-state index contributed by atoms with van der Waals surface area (Å²) in [5, 5.41) is 6.82. The van der Waals surface area contributed by atoms with Gasteiger partial charge in [-0.3, -0.25) is 4.79 Å². The fourth-order valence-corrected chi connectivity index (χ4v) is 1.92. The minimum atomic E-state index is -0.220. The van der Waals surface area contributed by atoms with Crippen molar-refractivity contribution in [3.05, 3.63) is 66.6 Å². The highest BCUT2D eigenvalue weighted by atomic mass is 16.3. The lowest BCUT2D eigenvalue weighted by Crippen LogP contribution is -2.07. The number of furan rings is 1. The molecule has 6 nitrogen and oxygen atoms in total. The molecule has 0 aliphatic heterocycles. The topological polar surface area (TPSA) is 73.0 Å². The Morgan fingerprint density at radius 2 is 2.05 bits per heavy atom. The van der Waals surface area contributed by atoms with E-state index in [-0.39, 0.29) is 5.91 Å². The Balaban J connectivity index is 1.63. The molecule has 0 saturated heterocycles. The predicted molar refractivity (Wildman–Crippen MR) is 82.5 cm³/mol. The molecule has 3 rings (SSSR count). The Labute approximate surface area is 127 Å². The predicted octanol–water partition coefficient (Wildman–Crippen LogP) is 2.82. The van der Waals surface area contributed by atoms with Crippen LogP contribution in [0.5, 0.6) is 0 Å². The van der Waals surface area contributed by atoms with E-state index in [9.17, 15) is 4.79 Å². The summed E-state index contributed by atoms with van der Waals surface area (Å²) in [6.07, 6.45) is 6.15. The molecule has 3 aromatic rings. The summed E-state index contributed by atoms with van der Waals surface area (Å²) < 4.78 is 7.00. The molecular weight excluding hydrogens is 280 g/mol. The molecular formula is C16H14N4O2. The highest BCUT2D eigenvalue weighted by molar-refractivity contribution is 6.01. The van der Waals surface area contributed by atoms with Crippen LogP contribution in [-0.2, 0) is 4.79 Å². The van der Waals surface area contributed by atoms with Crippen molar-refractivity contribution in [3.8, 4) is 5.69 Å². The van der Waals surface area contributed by atoms with Crippen LogP contribution in [0.25, 0.3) is 11.8 Å². The standard InChI is InChI=1S/C16H14N4O2/c1-12-2-7-15(22-12)8-9-16(21)19-13-3-5-14(6-4-13)20-11-17-10-18-20/h2-11H,1H3,(H,19,21)/b9-8+. The van der Waals surface area contributed by atoms with Crippen molar-refractivity contribution in [2.24, 2.45) is 0 Å². The lowest BCUT2D eigenvalue weighted by atomic mass is 10.2. The van der Waals surface area contributed by atoms with E-state index >= 15 is 0 Å². The van der Waals surface area contributed by atoms with Gasteiger partial charge in [-0.1, -0.05) is 0 Å². The molecule has 2 aromatic heterocycles. The van der Waals surface area contributed by atoms with Gasteiger partial charge in [0.15, 0.2) is 0 Å². The Kier molecular flexibility index (Phi) is 3.82. The van der Waals surface area contributed by atoms with Crippen molar-refractivity contribution in [1.29, 1.82) is 0 Å². The quantitative estimate of drug-likeness (QED) is 0.751. The molecule has 0 saturated carbocycles. The second kappa shape index (κ2) is 6.09. The van der Waals surface area contributed by atoms with Gasteiger partial charge in [0.05, 0.1) is 5.69 Å². The zero-order valence-corrected chi connectivity index (χ0v) is 11.9. The van der Waals surface area contributed by atoms with Gasteiger partial charge in [-0.15, -0.1) is 0 Å². The van der Waals surface area contributed by atoms with E-state index in [1.807, 2.05) is 31.2 Å². The number of nitrogens with zero attached hydrogens (tertiary/aromatic N) is 3. The highest BCUT2D eigenvalue weighted by Crippen LogP contribution is 2.13. The first-order valence-corrected chi connectivity index (χ1v) is 6.71. The number of rotatable bonds is 4.